The van der Waals surface area contributed by atoms with E-state index in [1.165, 1.54) is 0 Å². The van der Waals surface area contributed by atoms with E-state index >= 15 is 0 Å². The van der Waals surface area contributed by atoms with Gasteiger partial charge in [-0.15, -0.1) is 0 Å². The Balaban J connectivity index is 1.50. The molecule has 3 amide bonds. The molecular formula is C29H31F2N5O4. The van der Waals surface area contributed by atoms with Gasteiger partial charge in [0.1, 0.15) is 23.6 Å². The maximum absolute atomic E-state index is 14.9. The molecule has 2 aromatic rings. The molecule has 11 heteroatoms. The molecule has 2 atom stereocenters. The van der Waals surface area contributed by atoms with Crippen LogP contribution >= 0.6 is 0 Å². The van der Waals surface area contributed by atoms with Crippen molar-refractivity contribution >= 4 is 24.1 Å². The molecule has 2 N–H and O–H groups in total. The van der Waals surface area contributed by atoms with Crippen LogP contribution in [0, 0.1) is 28.9 Å². The number of hydrogen-bond acceptors (Lipinski definition) is 5. The number of hydrogen-bond donors (Lipinski definition) is 2. The van der Waals surface area contributed by atoms with Crippen molar-refractivity contribution in [2.24, 2.45) is 10.9 Å². The number of halogens is 2. The molecule has 40 heavy (non-hydrogen) atoms. The van der Waals surface area contributed by atoms with Crippen LogP contribution in [-0.2, 0) is 15.0 Å². The van der Waals surface area contributed by atoms with Crippen LogP contribution in [-0.4, -0.2) is 58.4 Å². The van der Waals surface area contributed by atoms with Crippen LogP contribution in [0.4, 0.5) is 13.6 Å². The molecule has 1 aliphatic heterocycles. The average molecular weight is 552 g/mol. The number of aliphatic imine (C=N–C) groups is 1. The van der Waals surface area contributed by atoms with E-state index in [2.05, 4.69) is 16.4 Å². The summed E-state index contributed by atoms with van der Waals surface area (Å²) in [6.07, 6.45) is 3.26. The number of carbonyl (C=O) groups excluding carboxylic acids is 2. The van der Waals surface area contributed by atoms with Gasteiger partial charge in [-0.1, -0.05) is 43.3 Å². The van der Waals surface area contributed by atoms with Crippen molar-refractivity contribution in [1.29, 1.82) is 5.26 Å². The molecule has 1 saturated carbocycles. The summed E-state index contributed by atoms with van der Waals surface area (Å²) < 4.78 is 28.6. The minimum Gasteiger partial charge on any atom is -0.481 e. The van der Waals surface area contributed by atoms with Crippen LogP contribution in [0.15, 0.2) is 53.5 Å². The number of urea groups is 1. The summed E-state index contributed by atoms with van der Waals surface area (Å²) in [4.78, 5) is 41.5. The van der Waals surface area contributed by atoms with Crippen molar-refractivity contribution in [1.82, 2.24) is 15.3 Å². The van der Waals surface area contributed by atoms with Gasteiger partial charge in [-0.3, -0.25) is 14.6 Å². The lowest BCUT2D eigenvalue weighted by atomic mass is 9.69. The first-order valence-corrected chi connectivity index (χ1v) is 13.2. The monoisotopic (exact) mass is 551 g/mol. The Hall–Kier alpha value is -4.17. The summed E-state index contributed by atoms with van der Waals surface area (Å²) in [5.41, 5.74) is 0.240. The van der Waals surface area contributed by atoms with Crippen LogP contribution < -0.4 is 5.32 Å². The molecule has 0 saturated heterocycles. The van der Waals surface area contributed by atoms with Crippen molar-refractivity contribution < 1.29 is 28.3 Å². The van der Waals surface area contributed by atoms with Gasteiger partial charge >= 0.3 is 12.0 Å². The maximum Gasteiger partial charge on any atom is 0.362 e. The van der Waals surface area contributed by atoms with Crippen LogP contribution in [0.3, 0.4) is 0 Å². The van der Waals surface area contributed by atoms with Gasteiger partial charge in [-0.05, 0) is 43.7 Å². The zero-order valence-electron chi connectivity index (χ0n) is 22.1. The third-order valence-corrected chi connectivity index (χ3v) is 7.83. The van der Waals surface area contributed by atoms with Crippen molar-refractivity contribution in [3.05, 3.63) is 71.3 Å². The van der Waals surface area contributed by atoms with Gasteiger partial charge in [-0.2, -0.15) is 5.26 Å². The second-order valence-corrected chi connectivity index (χ2v) is 10.1. The van der Waals surface area contributed by atoms with Gasteiger partial charge in [0.25, 0.3) is 0 Å². The van der Waals surface area contributed by atoms with E-state index in [4.69, 9.17) is 0 Å². The number of amides is 3. The number of carboxylic acid groups (broad SMARTS) is 1. The third kappa shape index (κ3) is 5.72. The predicted octanol–water partition coefficient (Wildman–Crippen LogP) is 4.36. The number of carbonyl (C=O) groups is 3. The van der Waals surface area contributed by atoms with E-state index in [1.54, 1.807) is 6.92 Å². The summed E-state index contributed by atoms with van der Waals surface area (Å²) in [7, 11) is 0. The Bertz CT molecular complexity index is 1320. The summed E-state index contributed by atoms with van der Waals surface area (Å²) in [5, 5.41) is 25.1. The predicted molar refractivity (Wildman–Crippen MR) is 142 cm³/mol. The SMILES string of the molecule is CCC1=NC(=O)N(N(C=O)CCNC2CCC(C#N)(c3ccccc3)CC2)C(c2ccc(F)cc2F)C1C(=O)O. The number of nitrogens with zero attached hydrogens (tertiary/aromatic N) is 4. The first-order valence-electron chi connectivity index (χ1n) is 13.2. The highest BCUT2D eigenvalue weighted by Gasteiger charge is 2.46. The van der Waals surface area contributed by atoms with Crippen LogP contribution in [0.5, 0.6) is 0 Å². The molecule has 1 heterocycles. The number of nitrogens with one attached hydrogen (secondary N) is 1. The highest BCUT2D eigenvalue weighted by Crippen LogP contribution is 2.39. The number of rotatable bonds is 10. The summed E-state index contributed by atoms with van der Waals surface area (Å²) >= 11 is 0. The lowest BCUT2D eigenvalue weighted by Crippen LogP contribution is -2.56. The van der Waals surface area contributed by atoms with Gasteiger partial charge in [0.05, 0.1) is 18.0 Å². The van der Waals surface area contributed by atoms with Crippen LogP contribution in [0.25, 0.3) is 0 Å². The van der Waals surface area contributed by atoms with E-state index in [0.29, 0.717) is 25.3 Å². The van der Waals surface area contributed by atoms with Crippen LogP contribution in [0.2, 0.25) is 0 Å². The third-order valence-electron chi connectivity index (χ3n) is 7.83. The minimum absolute atomic E-state index is 0.0313. The van der Waals surface area contributed by atoms with Crippen molar-refractivity contribution in [2.45, 2.75) is 56.5 Å². The van der Waals surface area contributed by atoms with Gasteiger partial charge in [0, 0.05) is 29.9 Å². The first-order chi connectivity index (χ1) is 19.2. The van der Waals surface area contributed by atoms with Crippen molar-refractivity contribution in [3.63, 3.8) is 0 Å². The zero-order chi connectivity index (χ0) is 28.9. The second kappa shape index (κ2) is 12.3. The minimum atomic E-state index is -1.44. The summed E-state index contributed by atoms with van der Waals surface area (Å²) in [6.45, 7) is 1.84. The Morgan fingerprint density at radius 3 is 2.52 bits per heavy atom. The molecule has 1 fully saturated rings. The van der Waals surface area contributed by atoms with Gasteiger partial charge in [0.2, 0.25) is 6.41 Å². The molecule has 0 bridgehead atoms. The molecule has 9 nitrogen and oxygen atoms in total. The lowest BCUT2D eigenvalue weighted by Gasteiger charge is -2.42. The van der Waals surface area contributed by atoms with Gasteiger partial charge in [-0.25, -0.2) is 23.6 Å². The molecule has 0 spiro atoms. The highest BCUT2D eigenvalue weighted by molar-refractivity contribution is 6.08. The average Bonchev–Trinajstić information content (AvgIpc) is 2.96. The quantitative estimate of drug-likeness (QED) is 0.423. The normalized spacial score (nSPS) is 24.6. The maximum atomic E-state index is 14.9. The van der Waals surface area contributed by atoms with E-state index in [9.17, 15) is 33.5 Å². The van der Waals surface area contributed by atoms with Crippen molar-refractivity contribution in [2.75, 3.05) is 13.1 Å². The standard InChI is InChI=1S/C29H31F2N5O4/c1-2-24-25(27(38)39)26(22-9-8-20(30)16-23(22)31)36(28(40)34-24)35(18-37)15-14-33-21-10-12-29(17-32,13-11-21)19-6-4-3-5-7-19/h3-9,16,18,21,25-26,33H,2,10-15H2,1H3,(H,38,39). The fraction of sp³-hybridized carbons (Fsp3) is 0.414. The molecule has 0 aromatic heterocycles. The Morgan fingerprint density at radius 2 is 1.95 bits per heavy atom. The van der Waals surface area contributed by atoms with E-state index in [1.807, 2.05) is 30.3 Å². The molecule has 2 aliphatic rings. The molecule has 4 rings (SSSR count). The summed E-state index contributed by atoms with van der Waals surface area (Å²) in [6, 6.07) is 12.6. The summed E-state index contributed by atoms with van der Waals surface area (Å²) in [5.74, 6) is -4.68. The van der Waals surface area contributed by atoms with Crippen molar-refractivity contribution in [3.8, 4) is 6.07 Å². The molecule has 2 unspecified atom stereocenters. The first kappa shape index (κ1) is 28.8. The number of benzene rings is 2. The number of aliphatic carboxylic acids is 1. The van der Waals surface area contributed by atoms with Gasteiger partial charge < -0.3 is 10.4 Å². The van der Waals surface area contributed by atoms with E-state index < -0.39 is 41.0 Å². The van der Waals surface area contributed by atoms with E-state index in [-0.39, 0.29) is 36.8 Å². The highest BCUT2D eigenvalue weighted by atomic mass is 19.1. The second-order valence-electron chi connectivity index (χ2n) is 10.1. The topological polar surface area (TPSA) is 126 Å². The lowest BCUT2D eigenvalue weighted by molar-refractivity contribution is -0.147. The molecule has 210 valence electrons. The number of hydrazine groups is 1. The number of carboxylic acids is 1. The Kier molecular flexibility index (Phi) is 8.90. The number of nitriles is 1. The molecule has 0 radical (unpaired) electrons. The molecular weight excluding hydrogens is 520 g/mol. The van der Waals surface area contributed by atoms with Gasteiger partial charge in [0.15, 0.2) is 0 Å². The largest absolute Gasteiger partial charge is 0.481 e. The molecule has 1 aliphatic carbocycles. The van der Waals surface area contributed by atoms with E-state index in [0.717, 1.165) is 40.6 Å². The Morgan fingerprint density at radius 1 is 1.25 bits per heavy atom. The fourth-order valence-corrected chi connectivity index (χ4v) is 5.72. The smallest absolute Gasteiger partial charge is 0.362 e. The zero-order valence-corrected chi connectivity index (χ0v) is 22.1. The molecule has 2 aromatic carbocycles. The fourth-order valence-electron chi connectivity index (χ4n) is 5.72. The Labute approximate surface area is 231 Å². The van der Waals surface area contributed by atoms with Crippen LogP contribution in [0.1, 0.15) is 56.2 Å².